The summed E-state index contributed by atoms with van der Waals surface area (Å²) in [6.07, 6.45) is 0. The summed E-state index contributed by atoms with van der Waals surface area (Å²) in [5.74, 6) is 0.0903. The molecule has 0 aliphatic carbocycles. The summed E-state index contributed by atoms with van der Waals surface area (Å²) in [7, 11) is 6.06. The van der Waals surface area contributed by atoms with E-state index in [0.29, 0.717) is 53.9 Å². The van der Waals surface area contributed by atoms with E-state index in [4.69, 9.17) is 23.7 Å². The second-order valence-corrected chi connectivity index (χ2v) is 9.09. The van der Waals surface area contributed by atoms with Crippen LogP contribution < -0.4 is 18.9 Å². The number of amides is 1. The Morgan fingerprint density at radius 3 is 2.11 bits per heavy atom. The number of carbonyl (C=O) groups is 2. The standard InChI is InChI=1S/C28H34N2O8/c1-17-14-18(6-7-20(17)34-2)25(31)23-24(19-15-21(35-3)27(37-5)22(16-19)36-4)30(28(33)26(23)32)9-8-29-10-12-38-13-11-29/h6-7,14-16,24,31H,8-13H2,1-5H3/b25-23+/t24-/m1/s1. The molecule has 2 saturated heterocycles. The average Bonchev–Trinajstić information content (AvgIpc) is 3.20. The molecule has 10 nitrogen and oxygen atoms in total. The first kappa shape index (κ1) is 27.3. The molecule has 0 aromatic heterocycles. The predicted octanol–water partition coefficient (Wildman–Crippen LogP) is 2.78. The molecule has 0 radical (unpaired) electrons. The van der Waals surface area contributed by atoms with Gasteiger partial charge in [-0.05, 0) is 48.4 Å². The van der Waals surface area contributed by atoms with E-state index < -0.39 is 17.7 Å². The molecule has 2 aliphatic rings. The minimum Gasteiger partial charge on any atom is -0.507 e. The number of likely N-dealkylation sites (tertiary alicyclic amines) is 1. The molecular weight excluding hydrogens is 492 g/mol. The van der Waals surface area contributed by atoms with E-state index in [2.05, 4.69) is 4.90 Å². The summed E-state index contributed by atoms with van der Waals surface area (Å²) < 4.78 is 27.3. The molecule has 0 unspecified atom stereocenters. The third kappa shape index (κ3) is 5.14. The van der Waals surface area contributed by atoms with Crippen LogP contribution in [0.5, 0.6) is 23.0 Å². The van der Waals surface area contributed by atoms with Gasteiger partial charge in [-0.15, -0.1) is 0 Å². The topological polar surface area (TPSA) is 107 Å². The zero-order chi connectivity index (χ0) is 27.4. The summed E-state index contributed by atoms with van der Waals surface area (Å²) in [4.78, 5) is 30.5. The fourth-order valence-corrected chi connectivity index (χ4v) is 4.97. The van der Waals surface area contributed by atoms with Crippen LogP contribution in [0.25, 0.3) is 5.76 Å². The molecule has 38 heavy (non-hydrogen) atoms. The number of hydrogen-bond donors (Lipinski definition) is 1. The largest absolute Gasteiger partial charge is 0.507 e. The van der Waals surface area contributed by atoms with Crippen LogP contribution in [0.15, 0.2) is 35.9 Å². The van der Waals surface area contributed by atoms with Gasteiger partial charge in [0, 0.05) is 31.7 Å². The van der Waals surface area contributed by atoms with Gasteiger partial charge in [-0.1, -0.05) is 0 Å². The van der Waals surface area contributed by atoms with E-state index in [1.165, 1.54) is 26.2 Å². The zero-order valence-corrected chi connectivity index (χ0v) is 22.4. The Balaban J connectivity index is 1.85. The Kier molecular flexibility index (Phi) is 8.43. The number of benzene rings is 2. The molecule has 1 N–H and O–H groups in total. The Hall–Kier alpha value is -3.76. The van der Waals surface area contributed by atoms with Gasteiger partial charge in [-0.3, -0.25) is 14.5 Å². The molecule has 10 heteroatoms. The van der Waals surface area contributed by atoms with Gasteiger partial charge >= 0.3 is 0 Å². The van der Waals surface area contributed by atoms with Crippen molar-refractivity contribution in [3.8, 4) is 23.0 Å². The van der Waals surface area contributed by atoms with Crippen molar-refractivity contribution in [3.63, 3.8) is 0 Å². The molecule has 1 amide bonds. The van der Waals surface area contributed by atoms with Gasteiger partial charge in [0.2, 0.25) is 5.75 Å². The maximum atomic E-state index is 13.5. The number of carbonyl (C=O) groups excluding carboxylic acids is 2. The lowest BCUT2D eigenvalue weighted by atomic mass is 9.94. The molecular formula is C28H34N2O8. The molecule has 2 fully saturated rings. The van der Waals surface area contributed by atoms with Gasteiger partial charge in [0.05, 0.1) is 53.3 Å². The number of ether oxygens (including phenoxy) is 5. The first-order valence-corrected chi connectivity index (χ1v) is 12.4. The predicted molar refractivity (Wildman–Crippen MR) is 140 cm³/mol. The maximum absolute atomic E-state index is 13.5. The SMILES string of the molecule is COc1ccc(/C(O)=C2\C(=O)C(=O)N(CCN3CCOCC3)[C@@H]2c2cc(OC)c(OC)c(OC)c2)cc1C. The van der Waals surface area contributed by atoms with E-state index in [9.17, 15) is 14.7 Å². The minimum absolute atomic E-state index is 0.00387. The Morgan fingerprint density at radius 1 is 0.921 bits per heavy atom. The average molecular weight is 527 g/mol. The van der Waals surface area contributed by atoms with E-state index in [1.54, 1.807) is 37.4 Å². The lowest BCUT2D eigenvalue weighted by molar-refractivity contribution is -0.140. The number of nitrogens with zero attached hydrogens (tertiary/aromatic N) is 2. The van der Waals surface area contributed by atoms with Crippen LogP contribution >= 0.6 is 0 Å². The number of methoxy groups -OCH3 is 4. The molecule has 0 bridgehead atoms. The monoisotopic (exact) mass is 526 g/mol. The lowest BCUT2D eigenvalue weighted by Crippen LogP contribution is -2.42. The number of ketones is 1. The molecule has 0 saturated carbocycles. The Labute approximate surface area is 222 Å². The Morgan fingerprint density at radius 2 is 1.55 bits per heavy atom. The van der Waals surface area contributed by atoms with Crippen LogP contribution in [0.4, 0.5) is 0 Å². The van der Waals surface area contributed by atoms with Crippen LogP contribution in [-0.2, 0) is 14.3 Å². The third-order valence-electron chi connectivity index (χ3n) is 6.97. The van der Waals surface area contributed by atoms with Gasteiger partial charge in [0.25, 0.3) is 11.7 Å². The smallest absolute Gasteiger partial charge is 0.295 e. The molecule has 0 spiro atoms. The summed E-state index contributed by atoms with van der Waals surface area (Å²) in [5.41, 5.74) is 1.73. The highest BCUT2D eigenvalue weighted by Crippen LogP contribution is 2.45. The molecule has 204 valence electrons. The quantitative estimate of drug-likeness (QED) is 0.300. The van der Waals surface area contributed by atoms with Crippen LogP contribution in [0.1, 0.15) is 22.7 Å². The fourth-order valence-electron chi connectivity index (χ4n) is 4.97. The summed E-state index contributed by atoms with van der Waals surface area (Å²) in [6.45, 7) is 5.39. The highest BCUT2D eigenvalue weighted by atomic mass is 16.5. The number of hydrogen-bond acceptors (Lipinski definition) is 9. The second-order valence-electron chi connectivity index (χ2n) is 9.09. The molecule has 2 aliphatic heterocycles. The van der Waals surface area contributed by atoms with Crippen LogP contribution in [0, 0.1) is 6.92 Å². The number of rotatable bonds is 9. The van der Waals surface area contributed by atoms with Crippen molar-refractivity contribution in [3.05, 3.63) is 52.6 Å². The Bertz CT molecular complexity index is 1210. The van der Waals surface area contributed by atoms with E-state index in [-0.39, 0.29) is 17.9 Å². The zero-order valence-electron chi connectivity index (χ0n) is 22.4. The van der Waals surface area contributed by atoms with Crippen LogP contribution in [0.3, 0.4) is 0 Å². The summed E-state index contributed by atoms with van der Waals surface area (Å²) >= 11 is 0. The van der Waals surface area contributed by atoms with Crippen molar-refractivity contribution in [1.29, 1.82) is 0 Å². The fraction of sp³-hybridized carbons (Fsp3) is 0.429. The number of aryl methyl sites for hydroxylation is 1. The minimum atomic E-state index is -0.868. The van der Waals surface area contributed by atoms with Crippen molar-refractivity contribution >= 4 is 17.4 Å². The van der Waals surface area contributed by atoms with Gasteiger partial charge < -0.3 is 33.7 Å². The number of morpholine rings is 1. The summed E-state index contributed by atoms with van der Waals surface area (Å²) in [6, 6.07) is 7.63. The van der Waals surface area contributed by atoms with Gasteiger partial charge in [0.15, 0.2) is 11.5 Å². The molecule has 2 aromatic carbocycles. The highest BCUT2D eigenvalue weighted by Gasteiger charge is 2.46. The first-order valence-electron chi connectivity index (χ1n) is 12.4. The third-order valence-corrected chi connectivity index (χ3v) is 6.97. The molecule has 4 rings (SSSR count). The number of aliphatic hydroxyl groups is 1. The highest BCUT2D eigenvalue weighted by molar-refractivity contribution is 6.46. The first-order chi connectivity index (χ1) is 18.3. The van der Waals surface area contributed by atoms with Crippen molar-refractivity contribution < 1.29 is 38.4 Å². The van der Waals surface area contributed by atoms with Gasteiger partial charge in [-0.25, -0.2) is 0 Å². The van der Waals surface area contributed by atoms with Crippen molar-refractivity contribution in [2.75, 3.05) is 67.8 Å². The van der Waals surface area contributed by atoms with E-state index >= 15 is 0 Å². The van der Waals surface area contributed by atoms with Gasteiger partial charge in [-0.2, -0.15) is 0 Å². The van der Waals surface area contributed by atoms with Crippen molar-refractivity contribution in [2.45, 2.75) is 13.0 Å². The molecule has 2 heterocycles. The molecule has 1 atom stereocenters. The van der Waals surface area contributed by atoms with Crippen molar-refractivity contribution in [1.82, 2.24) is 9.80 Å². The van der Waals surface area contributed by atoms with E-state index in [1.807, 2.05) is 6.92 Å². The normalized spacial score (nSPS) is 19.5. The number of aliphatic hydroxyl groups excluding tert-OH is 1. The second kappa shape index (κ2) is 11.7. The maximum Gasteiger partial charge on any atom is 0.295 e. The van der Waals surface area contributed by atoms with Crippen molar-refractivity contribution in [2.24, 2.45) is 0 Å². The lowest BCUT2D eigenvalue weighted by Gasteiger charge is -2.31. The molecule has 2 aromatic rings. The summed E-state index contributed by atoms with van der Waals surface area (Å²) in [5, 5.41) is 11.4. The number of Topliss-reactive ketones (excluding diaryl/α,β-unsaturated/α-hetero) is 1. The van der Waals surface area contributed by atoms with E-state index in [0.717, 1.165) is 18.7 Å². The van der Waals surface area contributed by atoms with Crippen LogP contribution in [-0.4, -0.2) is 94.4 Å². The van der Waals surface area contributed by atoms with Crippen LogP contribution in [0.2, 0.25) is 0 Å². The van der Waals surface area contributed by atoms with Gasteiger partial charge in [0.1, 0.15) is 11.5 Å².